The minimum Gasteiger partial charge on any atom is -0.307 e. The van der Waals surface area contributed by atoms with E-state index < -0.39 is 10.0 Å². The van der Waals surface area contributed by atoms with Crippen molar-refractivity contribution in [1.82, 2.24) is 4.31 Å². The molecule has 0 bridgehead atoms. The Morgan fingerprint density at radius 1 is 1.04 bits per heavy atom. The lowest BCUT2D eigenvalue weighted by Gasteiger charge is -2.23. The van der Waals surface area contributed by atoms with Gasteiger partial charge in [0, 0.05) is 35.3 Å². The van der Waals surface area contributed by atoms with E-state index in [-0.39, 0.29) is 10.8 Å². The molecule has 0 spiro atoms. The number of carbonyl (C=O) groups is 1. The topological polar surface area (TPSA) is 57.7 Å². The van der Waals surface area contributed by atoms with Crippen LogP contribution in [0.3, 0.4) is 0 Å². The van der Waals surface area contributed by atoms with Gasteiger partial charge in [-0.1, -0.05) is 25.1 Å². The first-order chi connectivity index (χ1) is 13.5. The lowest BCUT2D eigenvalue weighted by Crippen LogP contribution is -2.32. The van der Waals surface area contributed by atoms with Crippen molar-refractivity contribution in [2.45, 2.75) is 41.2 Å². The molecule has 2 heterocycles. The lowest BCUT2D eigenvalue weighted by molar-refractivity contribution is 0.0986. The molecule has 2 aliphatic heterocycles. The number of amides is 1. The highest BCUT2D eigenvalue weighted by Gasteiger charge is 2.29. The highest BCUT2D eigenvalue weighted by atomic mass is 32.2. The third-order valence-electron chi connectivity index (χ3n) is 5.27. The summed E-state index contributed by atoms with van der Waals surface area (Å²) in [6.45, 7) is 3.88. The number of fused-ring (bicyclic) bond motifs is 1. The second kappa shape index (κ2) is 7.89. The van der Waals surface area contributed by atoms with Gasteiger partial charge in [-0.15, -0.1) is 11.8 Å². The van der Waals surface area contributed by atoms with E-state index in [1.165, 1.54) is 10.4 Å². The molecule has 1 saturated heterocycles. The number of para-hydroxylation sites is 1. The minimum absolute atomic E-state index is 0.152. The van der Waals surface area contributed by atoms with Gasteiger partial charge in [0.25, 0.3) is 5.91 Å². The quantitative estimate of drug-likeness (QED) is 0.759. The van der Waals surface area contributed by atoms with Gasteiger partial charge in [-0.05, 0) is 49.6 Å². The third kappa shape index (κ3) is 3.71. The highest BCUT2D eigenvalue weighted by Crippen LogP contribution is 2.38. The van der Waals surface area contributed by atoms with Crippen molar-refractivity contribution < 1.29 is 13.2 Å². The summed E-state index contributed by atoms with van der Waals surface area (Å²) in [4.78, 5) is 16.4. The number of thioether (sulfide) groups is 1. The minimum atomic E-state index is -3.54. The molecule has 1 fully saturated rings. The first-order valence-electron chi connectivity index (χ1n) is 9.64. The second-order valence-electron chi connectivity index (χ2n) is 7.28. The standard InChI is InChI=1S/C21H24N2O3S2/c1-16-11-14-23(19-9-2-3-10-20(19)27-16)21(24)17-7-6-8-18(15-17)28(25,26)22-12-4-5-13-22/h2-3,6-10,15-16H,4-5,11-14H2,1H3/t16-/m0/s1. The number of benzene rings is 2. The normalized spacial score (nSPS) is 20.6. The number of rotatable bonds is 3. The average molecular weight is 417 g/mol. The number of sulfonamides is 1. The summed E-state index contributed by atoms with van der Waals surface area (Å²) >= 11 is 1.78. The fourth-order valence-electron chi connectivity index (χ4n) is 3.72. The SMILES string of the molecule is C[C@H]1CCN(C(=O)c2cccc(S(=O)(=O)N3CCCC3)c2)c2ccccc2S1. The second-order valence-corrected chi connectivity index (χ2v) is 10.7. The molecule has 2 aromatic carbocycles. The summed E-state index contributed by atoms with van der Waals surface area (Å²) in [6.07, 6.45) is 2.66. The Hall–Kier alpha value is -1.83. The van der Waals surface area contributed by atoms with Crippen molar-refractivity contribution in [1.29, 1.82) is 0 Å². The van der Waals surface area contributed by atoms with Crippen LogP contribution in [0.1, 0.15) is 36.5 Å². The van der Waals surface area contributed by atoms with Gasteiger partial charge in [-0.2, -0.15) is 4.31 Å². The fraction of sp³-hybridized carbons (Fsp3) is 0.381. The summed E-state index contributed by atoms with van der Waals surface area (Å²) in [5, 5.41) is 0.417. The number of anilines is 1. The number of hydrogen-bond acceptors (Lipinski definition) is 4. The molecule has 0 aromatic heterocycles. The van der Waals surface area contributed by atoms with Gasteiger partial charge < -0.3 is 4.90 Å². The molecule has 0 N–H and O–H groups in total. The maximum absolute atomic E-state index is 13.3. The van der Waals surface area contributed by atoms with Crippen molar-refractivity contribution in [2.24, 2.45) is 0 Å². The Morgan fingerprint density at radius 2 is 1.79 bits per heavy atom. The summed E-state index contributed by atoms with van der Waals surface area (Å²) < 4.78 is 27.3. The maximum Gasteiger partial charge on any atom is 0.258 e. The Bertz CT molecular complexity index is 985. The van der Waals surface area contributed by atoms with E-state index in [0.29, 0.717) is 30.4 Å². The van der Waals surface area contributed by atoms with Gasteiger partial charge in [0.2, 0.25) is 10.0 Å². The summed E-state index contributed by atoms with van der Waals surface area (Å²) in [7, 11) is -3.54. The molecule has 0 saturated carbocycles. The molecular formula is C21H24N2O3S2. The predicted molar refractivity (Wildman–Crippen MR) is 112 cm³/mol. The van der Waals surface area contributed by atoms with Crippen molar-refractivity contribution >= 4 is 33.4 Å². The number of nitrogens with zero attached hydrogens (tertiary/aromatic N) is 2. The summed E-state index contributed by atoms with van der Waals surface area (Å²) in [6, 6.07) is 14.4. The van der Waals surface area contributed by atoms with E-state index in [1.807, 2.05) is 24.3 Å². The summed E-state index contributed by atoms with van der Waals surface area (Å²) in [5.74, 6) is -0.152. The van der Waals surface area contributed by atoms with Gasteiger partial charge in [0.1, 0.15) is 0 Å². The van der Waals surface area contributed by atoms with Crippen molar-refractivity contribution in [3.63, 3.8) is 0 Å². The number of hydrogen-bond donors (Lipinski definition) is 0. The van der Waals surface area contributed by atoms with Crippen LogP contribution in [0.15, 0.2) is 58.3 Å². The third-order valence-corrected chi connectivity index (χ3v) is 8.40. The van der Waals surface area contributed by atoms with Crippen molar-refractivity contribution in [3.05, 3.63) is 54.1 Å². The van der Waals surface area contributed by atoms with Gasteiger partial charge in [-0.25, -0.2) is 8.42 Å². The molecule has 2 aromatic rings. The van der Waals surface area contributed by atoms with Gasteiger partial charge in [-0.3, -0.25) is 4.79 Å². The van der Waals surface area contributed by atoms with Crippen LogP contribution in [0, 0.1) is 0 Å². The van der Waals surface area contributed by atoms with Crippen LogP contribution in [0.4, 0.5) is 5.69 Å². The first-order valence-corrected chi connectivity index (χ1v) is 12.0. The molecule has 1 atom stereocenters. The zero-order valence-corrected chi connectivity index (χ0v) is 17.5. The van der Waals surface area contributed by atoms with Crippen LogP contribution in [-0.4, -0.2) is 43.5 Å². The van der Waals surface area contributed by atoms with Crippen LogP contribution in [0.5, 0.6) is 0 Å². The van der Waals surface area contributed by atoms with Crippen LogP contribution < -0.4 is 4.90 Å². The van der Waals surface area contributed by atoms with Crippen LogP contribution in [-0.2, 0) is 10.0 Å². The molecule has 28 heavy (non-hydrogen) atoms. The fourth-order valence-corrected chi connectivity index (χ4v) is 6.40. The average Bonchev–Trinajstić information content (AvgIpc) is 3.19. The maximum atomic E-state index is 13.3. The molecule has 148 valence electrons. The largest absolute Gasteiger partial charge is 0.307 e. The van der Waals surface area contributed by atoms with Crippen molar-refractivity contribution in [2.75, 3.05) is 24.5 Å². The first kappa shape index (κ1) is 19.5. The van der Waals surface area contributed by atoms with Crippen LogP contribution in [0.2, 0.25) is 0 Å². The zero-order valence-electron chi connectivity index (χ0n) is 15.9. The van der Waals surface area contributed by atoms with E-state index in [9.17, 15) is 13.2 Å². The monoisotopic (exact) mass is 416 g/mol. The van der Waals surface area contributed by atoms with E-state index in [2.05, 4.69) is 6.92 Å². The van der Waals surface area contributed by atoms with Gasteiger partial charge in [0.05, 0.1) is 10.6 Å². The highest BCUT2D eigenvalue weighted by molar-refractivity contribution is 8.00. The molecule has 0 unspecified atom stereocenters. The smallest absolute Gasteiger partial charge is 0.258 e. The molecule has 5 nitrogen and oxygen atoms in total. The predicted octanol–water partition coefficient (Wildman–Crippen LogP) is 4.00. The van der Waals surface area contributed by atoms with E-state index in [4.69, 9.17) is 0 Å². The molecule has 1 amide bonds. The Labute approximate surface area is 170 Å². The van der Waals surface area contributed by atoms with Crippen LogP contribution in [0.25, 0.3) is 0 Å². The van der Waals surface area contributed by atoms with Gasteiger partial charge in [0.15, 0.2) is 0 Å². The summed E-state index contributed by atoms with van der Waals surface area (Å²) in [5.41, 5.74) is 1.31. The molecule has 2 aliphatic rings. The molecule has 4 rings (SSSR count). The lowest BCUT2D eigenvalue weighted by atomic mass is 10.1. The van der Waals surface area contributed by atoms with Gasteiger partial charge >= 0.3 is 0 Å². The Kier molecular flexibility index (Phi) is 5.49. The van der Waals surface area contributed by atoms with Crippen molar-refractivity contribution in [3.8, 4) is 0 Å². The Balaban J connectivity index is 1.67. The van der Waals surface area contributed by atoms with E-state index in [1.54, 1.807) is 34.9 Å². The molecule has 0 radical (unpaired) electrons. The Morgan fingerprint density at radius 3 is 2.57 bits per heavy atom. The van der Waals surface area contributed by atoms with Crippen LogP contribution >= 0.6 is 11.8 Å². The number of carbonyl (C=O) groups excluding carboxylic acids is 1. The van der Waals surface area contributed by atoms with E-state index >= 15 is 0 Å². The van der Waals surface area contributed by atoms with E-state index in [0.717, 1.165) is 29.8 Å². The molecular weight excluding hydrogens is 392 g/mol. The molecule has 7 heteroatoms. The molecule has 0 aliphatic carbocycles. The zero-order chi connectivity index (χ0) is 19.7.